The van der Waals surface area contributed by atoms with Crippen LogP contribution in [0.3, 0.4) is 0 Å². The highest BCUT2D eigenvalue weighted by Gasteiger charge is 2.02. The van der Waals surface area contributed by atoms with Gasteiger partial charge in [-0.2, -0.15) is 0 Å². The number of hydrogen-bond acceptors (Lipinski definition) is 2. The summed E-state index contributed by atoms with van der Waals surface area (Å²) in [7, 11) is 0. The van der Waals surface area contributed by atoms with Gasteiger partial charge in [-0.05, 0) is 56.3 Å². The third-order valence-corrected chi connectivity index (χ3v) is 2.74. The maximum absolute atomic E-state index is 4.03. The predicted octanol–water partition coefficient (Wildman–Crippen LogP) is 3.04. The zero-order valence-electron chi connectivity index (χ0n) is 10.7. The molecule has 1 unspecified atom stereocenters. The summed E-state index contributed by atoms with van der Waals surface area (Å²) in [5.41, 5.74) is 1.36. The molecule has 90 valence electrons. The van der Waals surface area contributed by atoms with Crippen LogP contribution in [0.25, 0.3) is 0 Å². The molecule has 1 N–H and O–H groups in total. The lowest BCUT2D eigenvalue weighted by atomic mass is 10.1. The second kappa shape index (κ2) is 7.39. The smallest absolute Gasteiger partial charge is 0.0270 e. The monoisotopic (exact) mass is 220 g/mol. The van der Waals surface area contributed by atoms with Crippen LogP contribution in [0.2, 0.25) is 0 Å². The van der Waals surface area contributed by atoms with Crippen LogP contribution >= 0.6 is 0 Å². The van der Waals surface area contributed by atoms with Crippen molar-refractivity contribution < 1.29 is 0 Å². The number of aromatic nitrogens is 1. The van der Waals surface area contributed by atoms with Gasteiger partial charge in [0.2, 0.25) is 0 Å². The largest absolute Gasteiger partial charge is 0.314 e. The molecule has 0 bridgehead atoms. The van der Waals surface area contributed by atoms with Crippen molar-refractivity contribution in [2.45, 2.75) is 46.1 Å². The van der Waals surface area contributed by atoms with Gasteiger partial charge in [-0.25, -0.2) is 0 Å². The van der Waals surface area contributed by atoms with E-state index in [-0.39, 0.29) is 0 Å². The topological polar surface area (TPSA) is 24.9 Å². The van der Waals surface area contributed by atoms with E-state index in [2.05, 4.69) is 43.2 Å². The number of pyridine rings is 1. The fourth-order valence-electron chi connectivity index (χ4n) is 1.80. The highest BCUT2D eigenvalue weighted by atomic mass is 14.9. The van der Waals surface area contributed by atoms with E-state index in [1.54, 1.807) is 0 Å². The van der Waals surface area contributed by atoms with Crippen LogP contribution < -0.4 is 5.32 Å². The van der Waals surface area contributed by atoms with E-state index in [1.165, 1.54) is 18.4 Å². The summed E-state index contributed by atoms with van der Waals surface area (Å²) in [6.07, 6.45) is 7.40. The maximum Gasteiger partial charge on any atom is 0.0270 e. The lowest BCUT2D eigenvalue weighted by molar-refractivity contribution is 0.487. The molecule has 1 heterocycles. The third kappa shape index (κ3) is 5.86. The molecule has 16 heavy (non-hydrogen) atoms. The molecule has 1 aromatic rings. The van der Waals surface area contributed by atoms with E-state index in [0.29, 0.717) is 6.04 Å². The van der Waals surface area contributed by atoms with Gasteiger partial charge in [-0.15, -0.1) is 0 Å². The Hall–Kier alpha value is -0.890. The van der Waals surface area contributed by atoms with E-state index in [4.69, 9.17) is 0 Å². The molecule has 1 aromatic heterocycles. The summed E-state index contributed by atoms with van der Waals surface area (Å²) in [6, 6.07) is 4.73. The van der Waals surface area contributed by atoms with Crippen LogP contribution in [0.15, 0.2) is 24.5 Å². The molecule has 0 amide bonds. The minimum atomic E-state index is 0.551. The van der Waals surface area contributed by atoms with Crippen LogP contribution in [0, 0.1) is 5.92 Å². The summed E-state index contributed by atoms with van der Waals surface area (Å²) in [4.78, 5) is 4.03. The van der Waals surface area contributed by atoms with Crippen LogP contribution in [0.1, 0.15) is 39.2 Å². The van der Waals surface area contributed by atoms with Crippen LogP contribution in [0.5, 0.6) is 0 Å². The zero-order valence-corrected chi connectivity index (χ0v) is 10.7. The van der Waals surface area contributed by atoms with Gasteiger partial charge >= 0.3 is 0 Å². The molecule has 0 aromatic carbocycles. The second-order valence-corrected chi connectivity index (χ2v) is 4.95. The van der Waals surface area contributed by atoms with Gasteiger partial charge in [0, 0.05) is 18.4 Å². The van der Waals surface area contributed by atoms with Crippen molar-refractivity contribution in [3.05, 3.63) is 30.1 Å². The highest BCUT2D eigenvalue weighted by Crippen LogP contribution is 2.04. The van der Waals surface area contributed by atoms with Crippen molar-refractivity contribution in [2.24, 2.45) is 5.92 Å². The Morgan fingerprint density at radius 3 is 2.50 bits per heavy atom. The van der Waals surface area contributed by atoms with E-state index in [9.17, 15) is 0 Å². The van der Waals surface area contributed by atoms with Crippen molar-refractivity contribution in [2.75, 3.05) is 6.54 Å². The summed E-state index contributed by atoms with van der Waals surface area (Å²) < 4.78 is 0. The lowest BCUT2D eigenvalue weighted by Crippen LogP contribution is -2.29. The Morgan fingerprint density at radius 1 is 1.19 bits per heavy atom. The molecule has 0 radical (unpaired) electrons. The van der Waals surface area contributed by atoms with Crippen molar-refractivity contribution in [1.29, 1.82) is 0 Å². The predicted molar refractivity (Wildman–Crippen MR) is 69.5 cm³/mol. The highest BCUT2D eigenvalue weighted by molar-refractivity contribution is 5.10. The molecule has 1 atom stereocenters. The minimum Gasteiger partial charge on any atom is -0.314 e. The molecule has 2 nitrogen and oxygen atoms in total. The Labute approximate surface area is 99.5 Å². The van der Waals surface area contributed by atoms with Gasteiger partial charge in [0.15, 0.2) is 0 Å². The van der Waals surface area contributed by atoms with Crippen LogP contribution in [-0.2, 0) is 6.42 Å². The average molecular weight is 220 g/mol. The molecule has 0 aliphatic carbocycles. The van der Waals surface area contributed by atoms with Gasteiger partial charge in [0.05, 0.1) is 0 Å². The van der Waals surface area contributed by atoms with Crippen LogP contribution in [-0.4, -0.2) is 17.6 Å². The fraction of sp³-hybridized carbons (Fsp3) is 0.643. The number of nitrogens with zero attached hydrogens (tertiary/aromatic N) is 1. The van der Waals surface area contributed by atoms with Gasteiger partial charge in [0.1, 0.15) is 0 Å². The van der Waals surface area contributed by atoms with Crippen molar-refractivity contribution >= 4 is 0 Å². The van der Waals surface area contributed by atoms with Gasteiger partial charge in [-0.3, -0.25) is 4.98 Å². The fourth-order valence-corrected chi connectivity index (χ4v) is 1.80. The quantitative estimate of drug-likeness (QED) is 0.714. The van der Waals surface area contributed by atoms with Crippen molar-refractivity contribution in [3.8, 4) is 0 Å². The van der Waals surface area contributed by atoms with Crippen molar-refractivity contribution in [3.63, 3.8) is 0 Å². The van der Waals surface area contributed by atoms with E-state index < -0.39 is 0 Å². The number of nitrogens with one attached hydrogen (secondary N) is 1. The molecule has 0 aliphatic heterocycles. The minimum absolute atomic E-state index is 0.551. The second-order valence-electron chi connectivity index (χ2n) is 4.95. The Morgan fingerprint density at radius 2 is 1.88 bits per heavy atom. The molecular formula is C14H24N2. The first-order valence-electron chi connectivity index (χ1n) is 6.30. The zero-order chi connectivity index (χ0) is 11.8. The Balaban J connectivity index is 2.14. The summed E-state index contributed by atoms with van der Waals surface area (Å²) in [6.45, 7) is 7.93. The number of hydrogen-bond donors (Lipinski definition) is 1. The van der Waals surface area contributed by atoms with Crippen molar-refractivity contribution in [1.82, 2.24) is 10.3 Å². The molecule has 0 spiro atoms. The van der Waals surface area contributed by atoms with Gasteiger partial charge in [-0.1, -0.05) is 13.8 Å². The molecular weight excluding hydrogens is 196 g/mol. The third-order valence-electron chi connectivity index (χ3n) is 2.74. The first-order chi connectivity index (χ1) is 7.68. The molecule has 1 rings (SSSR count). The first-order valence-corrected chi connectivity index (χ1v) is 6.30. The van der Waals surface area contributed by atoms with Crippen LogP contribution in [0.4, 0.5) is 0 Å². The number of rotatable bonds is 7. The Bertz CT molecular complexity index is 269. The SMILES string of the molecule is CC(C)CCCNC(C)Cc1ccncc1. The molecule has 0 aliphatic rings. The molecule has 0 saturated heterocycles. The lowest BCUT2D eigenvalue weighted by Gasteiger charge is -2.14. The molecule has 0 saturated carbocycles. The van der Waals surface area contributed by atoms with Gasteiger partial charge < -0.3 is 5.32 Å². The Kier molecular flexibility index (Phi) is 6.09. The molecule has 2 heteroatoms. The summed E-state index contributed by atoms with van der Waals surface area (Å²) in [5.74, 6) is 0.817. The van der Waals surface area contributed by atoms with E-state index in [1.807, 2.05) is 12.4 Å². The first kappa shape index (κ1) is 13.2. The standard InChI is InChI=1S/C14H24N2/c1-12(2)5-4-8-16-13(3)11-14-6-9-15-10-7-14/h6-7,9-10,12-13,16H,4-5,8,11H2,1-3H3. The van der Waals surface area contributed by atoms with E-state index >= 15 is 0 Å². The summed E-state index contributed by atoms with van der Waals surface area (Å²) in [5, 5.41) is 3.57. The van der Waals surface area contributed by atoms with Gasteiger partial charge in [0.25, 0.3) is 0 Å². The normalized spacial score (nSPS) is 13.0. The molecule has 0 fully saturated rings. The van der Waals surface area contributed by atoms with E-state index in [0.717, 1.165) is 18.9 Å². The summed E-state index contributed by atoms with van der Waals surface area (Å²) >= 11 is 0. The maximum atomic E-state index is 4.03. The average Bonchev–Trinajstić information content (AvgIpc) is 2.25.